The van der Waals surface area contributed by atoms with Crippen LogP contribution in [0.1, 0.15) is 22.7 Å². The fraction of sp³-hybridized carbons (Fsp3) is 0.190. The van der Waals surface area contributed by atoms with Gasteiger partial charge in [0.05, 0.1) is 0 Å². The van der Waals surface area contributed by atoms with E-state index < -0.39 is 11.7 Å². The third kappa shape index (κ3) is 5.14. The first kappa shape index (κ1) is 19.0. The van der Waals surface area contributed by atoms with E-state index >= 15 is 0 Å². The first-order valence-electron chi connectivity index (χ1n) is 8.47. The first-order valence-corrected chi connectivity index (χ1v) is 9.69. The van der Waals surface area contributed by atoms with E-state index in [9.17, 15) is 9.18 Å². The summed E-state index contributed by atoms with van der Waals surface area (Å²) in [5.74, 6) is -0.754. The normalized spacial score (nSPS) is 11.8. The summed E-state index contributed by atoms with van der Waals surface area (Å²) in [4.78, 5) is 20.2. The van der Waals surface area contributed by atoms with Gasteiger partial charge in [0.15, 0.2) is 16.7 Å². The minimum atomic E-state index is -0.453. The van der Waals surface area contributed by atoms with E-state index in [1.165, 1.54) is 17.8 Å². The highest BCUT2D eigenvalue weighted by atomic mass is 32.2. The van der Waals surface area contributed by atoms with Gasteiger partial charge in [-0.05, 0) is 35.6 Å². The van der Waals surface area contributed by atoms with Gasteiger partial charge in [-0.3, -0.25) is 0 Å². The minimum absolute atomic E-state index is 0.135. The average Bonchev–Trinajstić information content (AvgIpc) is 2.72. The van der Waals surface area contributed by atoms with Crippen molar-refractivity contribution in [3.05, 3.63) is 83.4 Å². The molecule has 1 unspecified atom stereocenters. The molecule has 0 aliphatic rings. The van der Waals surface area contributed by atoms with E-state index in [0.717, 1.165) is 17.5 Å². The van der Waals surface area contributed by atoms with Crippen molar-refractivity contribution >= 4 is 18.0 Å². The van der Waals surface area contributed by atoms with Crippen molar-refractivity contribution in [3.8, 4) is 5.75 Å². The molecule has 0 spiro atoms. The number of aldehydes is 1. The predicted molar refractivity (Wildman–Crippen MR) is 103 cm³/mol. The van der Waals surface area contributed by atoms with E-state index in [-0.39, 0.29) is 12.4 Å². The molecule has 0 amide bonds. The number of aromatic nitrogens is 2. The summed E-state index contributed by atoms with van der Waals surface area (Å²) in [6, 6.07) is 15.9. The Hall–Kier alpha value is -2.73. The van der Waals surface area contributed by atoms with Crippen LogP contribution in [0.2, 0.25) is 0 Å². The summed E-state index contributed by atoms with van der Waals surface area (Å²) < 4.78 is 19.8. The van der Waals surface area contributed by atoms with Crippen molar-refractivity contribution in [2.24, 2.45) is 0 Å². The van der Waals surface area contributed by atoms with Gasteiger partial charge in [0.1, 0.15) is 12.9 Å². The topological polar surface area (TPSA) is 52.1 Å². The number of hydrogen-bond acceptors (Lipinski definition) is 5. The van der Waals surface area contributed by atoms with Gasteiger partial charge in [-0.1, -0.05) is 48.2 Å². The Morgan fingerprint density at radius 1 is 1.19 bits per heavy atom. The number of benzene rings is 2. The molecular formula is C21H19FN2O2S. The quantitative estimate of drug-likeness (QED) is 0.327. The van der Waals surface area contributed by atoms with E-state index in [2.05, 4.69) is 9.97 Å². The average molecular weight is 382 g/mol. The molecule has 0 saturated carbocycles. The van der Waals surface area contributed by atoms with E-state index in [1.54, 1.807) is 24.4 Å². The number of rotatable bonds is 8. The molecule has 0 saturated heterocycles. The lowest BCUT2D eigenvalue weighted by atomic mass is 9.95. The van der Waals surface area contributed by atoms with Crippen molar-refractivity contribution in [2.45, 2.75) is 24.1 Å². The Morgan fingerprint density at radius 2 is 2.00 bits per heavy atom. The molecule has 1 aromatic heterocycles. The summed E-state index contributed by atoms with van der Waals surface area (Å²) in [6.07, 6.45) is 4.85. The lowest BCUT2D eigenvalue weighted by molar-refractivity contribution is -0.109. The molecule has 0 fully saturated rings. The first-order chi connectivity index (χ1) is 13.2. The molecule has 138 valence electrons. The fourth-order valence-electron chi connectivity index (χ4n) is 2.65. The minimum Gasteiger partial charge on any atom is -0.486 e. The summed E-state index contributed by atoms with van der Waals surface area (Å²) >= 11 is 1.44. The largest absolute Gasteiger partial charge is 0.486 e. The van der Waals surface area contributed by atoms with Gasteiger partial charge >= 0.3 is 0 Å². The van der Waals surface area contributed by atoms with Gasteiger partial charge in [-0.25, -0.2) is 14.4 Å². The summed E-state index contributed by atoms with van der Waals surface area (Å²) in [5.41, 5.74) is 2.40. The number of ether oxygens (including phenoxy) is 1. The van der Waals surface area contributed by atoms with E-state index in [1.807, 2.05) is 36.6 Å². The third-order valence-corrected chi connectivity index (χ3v) is 4.65. The molecule has 0 aliphatic carbocycles. The SMILES string of the molecule is CSc1nccc(CC(C=O)c2ccc(F)c(OCc3ccccc3)c2)n1. The van der Waals surface area contributed by atoms with Gasteiger partial charge in [0.2, 0.25) is 0 Å². The van der Waals surface area contributed by atoms with Crippen LogP contribution in [0.5, 0.6) is 5.75 Å². The Labute approximate surface area is 161 Å². The van der Waals surface area contributed by atoms with Crippen molar-refractivity contribution in [1.82, 2.24) is 9.97 Å². The number of carbonyl (C=O) groups excluding carboxylic acids is 1. The molecular weight excluding hydrogens is 363 g/mol. The standard InChI is InChI=1S/C21H19FN2O2S/c1-27-21-23-10-9-18(24-21)11-17(13-25)16-7-8-19(22)20(12-16)26-14-15-5-3-2-4-6-15/h2-10,12-13,17H,11,14H2,1H3. The van der Waals surface area contributed by atoms with Crippen LogP contribution in [0.15, 0.2) is 66.0 Å². The van der Waals surface area contributed by atoms with Crippen molar-refractivity contribution in [1.29, 1.82) is 0 Å². The van der Waals surface area contributed by atoms with E-state index in [4.69, 9.17) is 4.74 Å². The monoisotopic (exact) mass is 382 g/mol. The number of thioether (sulfide) groups is 1. The van der Waals surface area contributed by atoms with Crippen molar-refractivity contribution in [3.63, 3.8) is 0 Å². The smallest absolute Gasteiger partial charge is 0.187 e. The number of hydrogen-bond donors (Lipinski definition) is 0. The number of nitrogens with zero attached hydrogens (tertiary/aromatic N) is 2. The van der Waals surface area contributed by atoms with Crippen LogP contribution in [-0.4, -0.2) is 22.5 Å². The molecule has 3 rings (SSSR count). The molecule has 2 aromatic carbocycles. The second-order valence-corrected chi connectivity index (χ2v) is 6.72. The lowest BCUT2D eigenvalue weighted by Crippen LogP contribution is -2.07. The van der Waals surface area contributed by atoms with Crippen LogP contribution in [0, 0.1) is 5.82 Å². The van der Waals surface area contributed by atoms with Crippen LogP contribution in [0.4, 0.5) is 4.39 Å². The van der Waals surface area contributed by atoms with Crippen LogP contribution in [0.3, 0.4) is 0 Å². The highest BCUT2D eigenvalue weighted by molar-refractivity contribution is 7.98. The maximum absolute atomic E-state index is 14.1. The number of carbonyl (C=O) groups is 1. The van der Waals surface area contributed by atoms with Gasteiger partial charge in [-0.15, -0.1) is 0 Å². The van der Waals surface area contributed by atoms with Crippen molar-refractivity contribution in [2.75, 3.05) is 6.26 Å². The maximum atomic E-state index is 14.1. The van der Waals surface area contributed by atoms with Gasteiger partial charge in [0.25, 0.3) is 0 Å². The zero-order valence-corrected chi connectivity index (χ0v) is 15.7. The summed E-state index contributed by atoms with van der Waals surface area (Å²) in [7, 11) is 0. The number of halogens is 1. The third-order valence-electron chi connectivity index (χ3n) is 4.09. The second kappa shape index (κ2) is 9.28. The highest BCUT2D eigenvalue weighted by Crippen LogP contribution is 2.26. The van der Waals surface area contributed by atoms with Crippen LogP contribution < -0.4 is 4.74 Å². The van der Waals surface area contributed by atoms with Gasteiger partial charge in [-0.2, -0.15) is 0 Å². The second-order valence-electron chi connectivity index (χ2n) is 5.95. The zero-order chi connectivity index (χ0) is 19.1. The molecule has 0 N–H and O–H groups in total. The van der Waals surface area contributed by atoms with Gasteiger partial charge in [0, 0.05) is 24.2 Å². The summed E-state index contributed by atoms with van der Waals surface area (Å²) in [6.45, 7) is 0.260. The molecule has 27 heavy (non-hydrogen) atoms. The van der Waals surface area contributed by atoms with Crippen LogP contribution in [-0.2, 0) is 17.8 Å². The van der Waals surface area contributed by atoms with Crippen LogP contribution >= 0.6 is 11.8 Å². The Morgan fingerprint density at radius 3 is 2.74 bits per heavy atom. The molecule has 0 aliphatic heterocycles. The predicted octanol–water partition coefficient (Wildman–Crippen LogP) is 4.44. The zero-order valence-electron chi connectivity index (χ0n) is 14.8. The fourth-order valence-corrected chi connectivity index (χ4v) is 3.03. The lowest BCUT2D eigenvalue weighted by Gasteiger charge is -2.14. The highest BCUT2D eigenvalue weighted by Gasteiger charge is 2.16. The molecule has 3 aromatic rings. The maximum Gasteiger partial charge on any atom is 0.187 e. The molecule has 1 heterocycles. The molecule has 6 heteroatoms. The Balaban J connectivity index is 1.76. The Bertz CT molecular complexity index is 906. The van der Waals surface area contributed by atoms with E-state index in [0.29, 0.717) is 17.1 Å². The molecule has 0 bridgehead atoms. The van der Waals surface area contributed by atoms with Crippen LogP contribution in [0.25, 0.3) is 0 Å². The Kier molecular flexibility index (Phi) is 6.54. The summed E-state index contributed by atoms with van der Waals surface area (Å²) in [5, 5.41) is 0.656. The molecule has 0 radical (unpaired) electrons. The molecule has 1 atom stereocenters. The van der Waals surface area contributed by atoms with Gasteiger partial charge < -0.3 is 9.53 Å². The molecule has 4 nitrogen and oxygen atoms in total. The van der Waals surface area contributed by atoms with Crippen molar-refractivity contribution < 1.29 is 13.9 Å².